The molecule has 0 amide bonds. The molecule has 0 atom stereocenters. The summed E-state index contributed by atoms with van der Waals surface area (Å²) in [4.78, 5) is 4.20. The van der Waals surface area contributed by atoms with Crippen molar-refractivity contribution in [3.05, 3.63) is 35.2 Å². The molecule has 0 aromatic carbocycles. The van der Waals surface area contributed by atoms with E-state index < -0.39 is 0 Å². The van der Waals surface area contributed by atoms with Gasteiger partial charge in [-0.3, -0.25) is 0 Å². The summed E-state index contributed by atoms with van der Waals surface area (Å²) in [6.07, 6.45) is 8.76. The summed E-state index contributed by atoms with van der Waals surface area (Å²) >= 11 is 0. The Morgan fingerprint density at radius 2 is 2.19 bits per heavy atom. The molecular formula is C14H16N2. The lowest BCUT2D eigenvalue weighted by Crippen LogP contribution is -1.96. The first-order valence-electron chi connectivity index (χ1n) is 5.69. The number of rotatable bonds is 0. The Morgan fingerprint density at radius 3 is 2.94 bits per heavy atom. The quantitative estimate of drug-likeness (QED) is 0.672. The van der Waals surface area contributed by atoms with Crippen molar-refractivity contribution < 1.29 is 0 Å². The van der Waals surface area contributed by atoms with Crippen LogP contribution in [0.4, 0.5) is 5.69 Å². The van der Waals surface area contributed by atoms with Crippen LogP contribution in [0.3, 0.4) is 0 Å². The smallest absolute Gasteiger partial charge is 0.136 e. The van der Waals surface area contributed by atoms with E-state index in [-0.39, 0.29) is 0 Å². The molecular weight excluding hydrogens is 196 g/mol. The molecule has 2 N–H and O–H groups in total. The van der Waals surface area contributed by atoms with Crippen molar-refractivity contribution in [3.63, 3.8) is 0 Å². The Bertz CT molecular complexity index is 475. The number of allylic oxidation sites excluding steroid dienone is 2. The Hall–Kier alpha value is -1.75. The number of aromatic nitrogens is 1. The van der Waals surface area contributed by atoms with Gasteiger partial charge in [-0.05, 0) is 55.7 Å². The molecule has 0 spiro atoms. The van der Waals surface area contributed by atoms with Gasteiger partial charge in [0.05, 0.1) is 5.69 Å². The molecule has 0 fully saturated rings. The lowest BCUT2D eigenvalue weighted by molar-refractivity contribution is 0.715. The fourth-order valence-electron chi connectivity index (χ4n) is 1.76. The lowest BCUT2D eigenvalue weighted by atomic mass is 10.00. The van der Waals surface area contributed by atoms with Gasteiger partial charge in [0.15, 0.2) is 0 Å². The van der Waals surface area contributed by atoms with Gasteiger partial charge in [-0.15, -0.1) is 0 Å². The van der Waals surface area contributed by atoms with Crippen LogP contribution >= 0.6 is 0 Å². The summed E-state index contributed by atoms with van der Waals surface area (Å²) in [5, 5.41) is 0. The number of anilines is 1. The van der Waals surface area contributed by atoms with Crippen LogP contribution in [0.1, 0.15) is 36.9 Å². The van der Waals surface area contributed by atoms with Gasteiger partial charge >= 0.3 is 0 Å². The molecule has 0 aliphatic heterocycles. The first kappa shape index (κ1) is 10.8. The summed E-state index contributed by atoms with van der Waals surface area (Å²) in [7, 11) is 0. The van der Waals surface area contributed by atoms with E-state index in [9.17, 15) is 0 Å². The van der Waals surface area contributed by atoms with E-state index in [1.54, 1.807) is 6.20 Å². The second kappa shape index (κ2) is 4.85. The van der Waals surface area contributed by atoms with Gasteiger partial charge in [0.2, 0.25) is 0 Å². The zero-order chi connectivity index (χ0) is 11.4. The minimum absolute atomic E-state index is 0.700. The molecule has 1 aromatic heterocycles. The molecule has 0 saturated heterocycles. The summed E-state index contributed by atoms with van der Waals surface area (Å²) in [5.41, 5.74) is 9.58. The van der Waals surface area contributed by atoms with E-state index in [1.807, 2.05) is 13.0 Å². The maximum Gasteiger partial charge on any atom is 0.136 e. The van der Waals surface area contributed by atoms with Crippen molar-refractivity contribution in [1.82, 2.24) is 4.98 Å². The third-order valence-corrected chi connectivity index (χ3v) is 2.84. The van der Waals surface area contributed by atoms with Crippen molar-refractivity contribution in [2.45, 2.75) is 32.6 Å². The second-order valence-corrected chi connectivity index (χ2v) is 4.12. The minimum Gasteiger partial charge on any atom is -0.396 e. The molecule has 2 rings (SSSR count). The molecule has 82 valence electrons. The molecule has 1 aliphatic rings. The average Bonchev–Trinajstić information content (AvgIpc) is 2.32. The second-order valence-electron chi connectivity index (χ2n) is 4.12. The monoisotopic (exact) mass is 212 g/mol. The zero-order valence-corrected chi connectivity index (χ0v) is 9.59. The van der Waals surface area contributed by atoms with Crippen LogP contribution < -0.4 is 5.73 Å². The SMILES string of the molecule is Cc1ccnc(C#CC2=CCCCC2)c1N. The average molecular weight is 212 g/mol. The van der Waals surface area contributed by atoms with Gasteiger partial charge in [-0.2, -0.15) is 0 Å². The molecule has 0 unspecified atom stereocenters. The summed E-state index contributed by atoms with van der Waals surface area (Å²) in [6, 6.07) is 1.90. The van der Waals surface area contributed by atoms with E-state index >= 15 is 0 Å². The molecule has 1 heterocycles. The fourth-order valence-corrected chi connectivity index (χ4v) is 1.76. The first-order valence-corrected chi connectivity index (χ1v) is 5.69. The third kappa shape index (κ3) is 2.43. The molecule has 2 nitrogen and oxygen atoms in total. The number of hydrogen-bond donors (Lipinski definition) is 1. The Morgan fingerprint density at radius 1 is 1.31 bits per heavy atom. The van der Waals surface area contributed by atoms with Crippen molar-refractivity contribution in [3.8, 4) is 11.8 Å². The Balaban J connectivity index is 2.23. The molecule has 1 aliphatic carbocycles. The fraction of sp³-hybridized carbons (Fsp3) is 0.357. The summed E-state index contributed by atoms with van der Waals surface area (Å²) < 4.78 is 0. The topological polar surface area (TPSA) is 38.9 Å². The Kier molecular flexibility index (Phi) is 3.26. The maximum absolute atomic E-state index is 5.91. The number of nitrogen functional groups attached to an aromatic ring is 1. The van der Waals surface area contributed by atoms with Crippen molar-refractivity contribution >= 4 is 5.69 Å². The highest BCUT2D eigenvalue weighted by molar-refractivity contribution is 5.57. The van der Waals surface area contributed by atoms with Gasteiger partial charge < -0.3 is 5.73 Å². The van der Waals surface area contributed by atoms with E-state index in [0.717, 1.165) is 18.4 Å². The van der Waals surface area contributed by atoms with Gasteiger partial charge in [0.1, 0.15) is 5.69 Å². The van der Waals surface area contributed by atoms with Crippen LogP contribution in [-0.4, -0.2) is 4.98 Å². The molecule has 0 radical (unpaired) electrons. The lowest BCUT2D eigenvalue weighted by Gasteiger charge is -2.06. The summed E-state index contributed by atoms with van der Waals surface area (Å²) in [6.45, 7) is 1.97. The highest BCUT2D eigenvalue weighted by atomic mass is 14.7. The van der Waals surface area contributed by atoms with Crippen molar-refractivity contribution in [2.24, 2.45) is 0 Å². The molecule has 2 heteroatoms. The predicted molar refractivity (Wildman–Crippen MR) is 66.8 cm³/mol. The van der Waals surface area contributed by atoms with Crippen LogP contribution in [0.25, 0.3) is 0 Å². The molecule has 1 aromatic rings. The van der Waals surface area contributed by atoms with E-state index in [4.69, 9.17) is 5.73 Å². The third-order valence-electron chi connectivity index (χ3n) is 2.84. The van der Waals surface area contributed by atoms with Gasteiger partial charge in [0.25, 0.3) is 0 Å². The van der Waals surface area contributed by atoms with Crippen LogP contribution in [0, 0.1) is 18.8 Å². The normalized spacial score (nSPS) is 14.9. The number of pyridine rings is 1. The Labute approximate surface area is 96.6 Å². The standard InChI is InChI=1S/C14H16N2/c1-11-9-10-16-13(14(11)15)8-7-12-5-3-2-4-6-12/h5,9-10H,2-4,6,15H2,1H3. The van der Waals surface area contributed by atoms with Gasteiger partial charge in [0, 0.05) is 6.20 Å². The number of nitrogens with two attached hydrogens (primary N) is 1. The number of hydrogen-bond acceptors (Lipinski definition) is 2. The van der Waals surface area contributed by atoms with Crippen molar-refractivity contribution in [2.75, 3.05) is 5.73 Å². The van der Waals surface area contributed by atoms with Gasteiger partial charge in [-0.25, -0.2) is 4.98 Å². The van der Waals surface area contributed by atoms with Crippen LogP contribution in [0.2, 0.25) is 0 Å². The number of aryl methyl sites for hydroxylation is 1. The van der Waals surface area contributed by atoms with Crippen LogP contribution in [0.5, 0.6) is 0 Å². The van der Waals surface area contributed by atoms with Crippen LogP contribution in [-0.2, 0) is 0 Å². The van der Waals surface area contributed by atoms with Crippen LogP contribution in [0.15, 0.2) is 23.9 Å². The van der Waals surface area contributed by atoms with E-state index in [0.29, 0.717) is 11.4 Å². The van der Waals surface area contributed by atoms with Gasteiger partial charge in [-0.1, -0.05) is 12.0 Å². The van der Waals surface area contributed by atoms with Crippen molar-refractivity contribution in [1.29, 1.82) is 0 Å². The maximum atomic E-state index is 5.91. The molecule has 0 saturated carbocycles. The van der Waals surface area contributed by atoms with E-state index in [2.05, 4.69) is 22.9 Å². The van der Waals surface area contributed by atoms with E-state index in [1.165, 1.54) is 18.4 Å². The highest BCUT2D eigenvalue weighted by Gasteiger charge is 2.01. The summed E-state index contributed by atoms with van der Waals surface area (Å²) in [5.74, 6) is 6.24. The molecule has 0 bridgehead atoms. The number of nitrogens with zero attached hydrogens (tertiary/aromatic N) is 1. The minimum atomic E-state index is 0.700. The zero-order valence-electron chi connectivity index (χ0n) is 9.59. The largest absolute Gasteiger partial charge is 0.396 e. The predicted octanol–water partition coefficient (Wildman–Crippen LogP) is 2.82. The highest BCUT2D eigenvalue weighted by Crippen LogP contribution is 2.17. The first-order chi connectivity index (χ1) is 7.77. The molecule has 16 heavy (non-hydrogen) atoms.